The molecule has 1 aliphatic heterocycles. The van der Waals surface area contributed by atoms with Crippen LogP contribution in [0.3, 0.4) is 0 Å². The third kappa shape index (κ3) is 0.621. The van der Waals surface area contributed by atoms with Crippen LogP contribution in [0.4, 0.5) is 0 Å². The number of amides is 1. The monoisotopic (exact) mass is 110 g/mol. The second-order valence-electron chi connectivity index (χ2n) is 1.42. The van der Waals surface area contributed by atoms with Crippen molar-refractivity contribution in [1.29, 1.82) is 0 Å². The molecule has 0 bridgehead atoms. The molecule has 0 spiro atoms. The first-order valence-corrected chi connectivity index (χ1v) is 2.29. The van der Waals surface area contributed by atoms with Crippen molar-refractivity contribution in [3.63, 3.8) is 0 Å². The number of rotatable bonds is 0. The maximum Gasteiger partial charge on any atom is 0.273 e. The van der Waals surface area contributed by atoms with Crippen LogP contribution >= 0.6 is 0 Å². The van der Waals surface area contributed by atoms with Gasteiger partial charge in [-0.3, -0.25) is 9.79 Å². The molecule has 3 nitrogen and oxygen atoms in total. The van der Waals surface area contributed by atoms with Crippen LogP contribution in [0.1, 0.15) is 0 Å². The quantitative estimate of drug-likeness (QED) is 0.457. The van der Waals surface area contributed by atoms with E-state index in [1.54, 1.807) is 19.3 Å². The molecule has 0 fully saturated rings. The summed E-state index contributed by atoms with van der Waals surface area (Å²) in [5.74, 6) is -0.118. The van der Waals surface area contributed by atoms with E-state index in [4.69, 9.17) is 0 Å². The zero-order valence-electron chi connectivity index (χ0n) is 4.51. The zero-order chi connectivity index (χ0) is 5.98. The van der Waals surface area contributed by atoms with Crippen LogP contribution in [0.5, 0.6) is 0 Å². The van der Waals surface area contributed by atoms with E-state index in [2.05, 4.69) is 10.3 Å². The third-order valence-corrected chi connectivity index (χ3v) is 0.929. The molecule has 1 rings (SSSR count). The Bertz CT molecular complexity index is 169. The predicted octanol–water partition coefficient (Wildman–Crippen LogP) is -0.299. The fourth-order valence-electron chi connectivity index (χ4n) is 0.522. The summed E-state index contributed by atoms with van der Waals surface area (Å²) in [5, 5.41) is 2.47. The molecule has 1 amide bonds. The van der Waals surface area contributed by atoms with Crippen LogP contribution in [-0.2, 0) is 4.79 Å². The Hall–Kier alpha value is -1.12. The van der Waals surface area contributed by atoms with Gasteiger partial charge in [-0.25, -0.2) is 0 Å². The Morgan fingerprint density at radius 1 is 1.75 bits per heavy atom. The van der Waals surface area contributed by atoms with E-state index in [0.717, 1.165) is 0 Å². The van der Waals surface area contributed by atoms with Crippen LogP contribution < -0.4 is 5.32 Å². The van der Waals surface area contributed by atoms with E-state index < -0.39 is 0 Å². The fraction of sp³-hybridized carbons (Fsp3) is 0.200. The van der Waals surface area contributed by atoms with E-state index in [9.17, 15) is 4.79 Å². The number of nitrogens with zero attached hydrogens (tertiary/aromatic N) is 1. The highest BCUT2D eigenvalue weighted by Crippen LogP contribution is 1.87. The van der Waals surface area contributed by atoms with E-state index >= 15 is 0 Å². The topological polar surface area (TPSA) is 41.5 Å². The minimum atomic E-state index is -0.118. The van der Waals surface area contributed by atoms with E-state index in [1.807, 2.05) is 0 Å². The summed E-state index contributed by atoms with van der Waals surface area (Å²) < 4.78 is 0. The molecule has 0 radical (unpaired) electrons. The average Bonchev–Trinajstić information content (AvgIpc) is 2.14. The molecule has 1 heterocycles. The van der Waals surface area contributed by atoms with Gasteiger partial charge in [-0.05, 0) is 6.08 Å². The van der Waals surface area contributed by atoms with Crippen LogP contribution in [0, 0.1) is 0 Å². The molecule has 1 N–H and O–H groups in total. The Labute approximate surface area is 47.1 Å². The number of carbonyl (C=O) groups excluding carboxylic acids is 1. The molecule has 0 atom stereocenters. The van der Waals surface area contributed by atoms with E-state index in [-0.39, 0.29) is 5.91 Å². The van der Waals surface area contributed by atoms with Crippen molar-refractivity contribution in [1.82, 2.24) is 5.32 Å². The summed E-state index contributed by atoms with van der Waals surface area (Å²) in [5.41, 5.74) is 0.491. The highest BCUT2D eigenvalue weighted by Gasteiger charge is 2.09. The molecule has 0 aromatic rings. The Balaban J connectivity index is 2.82. The van der Waals surface area contributed by atoms with Crippen molar-refractivity contribution in [2.75, 3.05) is 7.05 Å². The van der Waals surface area contributed by atoms with Crippen molar-refractivity contribution in [2.24, 2.45) is 4.99 Å². The molecule has 0 unspecified atom stereocenters. The van der Waals surface area contributed by atoms with Crippen molar-refractivity contribution >= 4 is 11.6 Å². The van der Waals surface area contributed by atoms with Crippen LogP contribution in [-0.4, -0.2) is 18.7 Å². The standard InChI is InChI=1S/C5H6N2O/c1-6-4-2-3-7-5(4)8/h2-3H,1H3,(H,6,7,8). The van der Waals surface area contributed by atoms with Gasteiger partial charge in [0, 0.05) is 13.2 Å². The lowest BCUT2D eigenvalue weighted by atomic mass is 10.4. The van der Waals surface area contributed by atoms with Gasteiger partial charge in [0.2, 0.25) is 0 Å². The normalized spacial score (nSPS) is 22.1. The van der Waals surface area contributed by atoms with Gasteiger partial charge in [-0.2, -0.15) is 0 Å². The first-order chi connectivity index (χ1) is 3.84. The van der Waals surface area contributed by atoms with Crippen molar-refractivity contribution < 1.29 is 4.79 Å². The summed E-state index contributed by atoms with van der Waals surface area (Å²) >= 11 is 0. The summed E-state index contributed by atoms with van der Waals surface area (Å²) in [6.07, 6.45) is 3.22. The maximum absolute atomic E-state index is 10.5. The van der Waals surface area contributed by atoms with Crippen molar-refractivity contribution in [3.05, 3.63) is 12.3 Å². The highest BCUT2D eigenvalue weighted by molar-refractivity contribution is 6.45. The van der Waals surface area contributed by atoms with E-state index in [1.165, 1.54) is 0 Å². The van der Waals surface area contributed by atoms with E-state index in [0.29, 0.717) is 5.71 Å². The fourth-order valence-corrected chi connectivity index (χ4v) is 0.522. The number of nitrogens with one attached hydrogen (secondary N) is 1. The van der Waals surface area contributed by atoms with Crippen LogP contribution in [0.15, 0.2) is 17.3 Å². The van der Waals surface area contributed by atoms with Crippen molar-refractivity contribution in [2.45, 2.75) is 0 Å². The van der Waals surface area contributed by atoms with Gasteiger partial charge >= 0.3 is 0 Å². The number of carbonyl (C=O) groups is 1. The molecular formula is C5H6N2O. The molecule has 0 aromatic heterocycles. The summed E-state index contributed by atoms with van der Waals surface area (Å²) in [4.78, 5) is 14.2. The van der Waals surface area contributed by atoms with Gasteiger partial charge in [0.25, 0.3) is 5.91 Å². The molecule has 0 aromatic carbocycles. The second-order valence-corrected chi connectivity index (χ2v) is 1.42. The maximum atomic E-state index is 10.5. The SMILES string of the molecule is CN=C1C=CNC1=O. The van der Waals surface area contributed by atoms with Crippen LogP contribution in [0.25, 0.3) is 0 Å². The highest BCUT2D eigenvalue weighted by atomic mass is 16.2. The number of hydrogen-bond donors (Lipinski definition) is 1. The minimum Gasteiger partial charge on any atom is -0.327 e. The largest absolute Gasteiger partial charge is 0.327 e. The molecular weight excluding hydrogens is 104 g/mol. The number of aliphatic imine (C=N–C) groups is 1. The van der Waals surface area contributed by atoms with Crippen molar-refractivity contribution in [3.8, 4) is 0 Å². The lowest BCUT2D eigenvalue weighted by Gasteiger charge is -1.85. The van der Waals surface area contributed by atoms with Crippen LogP contribution in [0.2, 0.25) is 0 Å². The van der Waals surface area contributed by atoms with Gasteiger partial charge in [-0.15, -0.1) is 0 Å². The Morgan fingerprint density at radius 2 is 2.50 bits per heavy atom. The first kappa shape index (κ1) is 5.03. The molecule has 3 heteroatoms. The number of hydrogen-bond acceptors (Lipinski definition) is 2. The lowest BCUT2D eigenvalue weighted by molar-refractivity contribution is -0.113. The molecule has 0 saturated heterocycles. The van der Waals surface area contributed by atoms with Gasteiger partial charge in [-0.1, -0.05) is 0 Å². The smallest absolute Gasteiger partial charge is 0.273 e. The summed E-state index contributed by atoms with van der Waals surface area (Å²) in [7, 11) is 1.59. The molecule has 0 aliphatic carbocycles. The first-order valence-electron chi connectivity index (χ1n) is 2.29. The molecule has 1 aliphatic rings. The summed E-state index contributed by atoms with van der Waals surface area (Å²) in [6.45, 7) is 0. The Kier molecular flexibility index (Phi) is 1.12. The molecule has 42 valence electrons. The Morgan fingerprint density at radius 3 is 2.75 bits per heavy atom. The minimum absolute atomic E-state index is 0.118. The van der Waals surface area contributed by atoms with Gasteiger partial charge in [0.1, 0.15) is 5.71 Å². The predicted molar refractivity (Wildman–Crippen MR) is 30.6 cm³/mol. The second kappa shape index (κ2) is 1.78. The van der Waals surface area contributed by atoms with Gasteiger partial charge < -0.3 is 5.32 Å². The van der Waals surface area contributed by atoms with Gasteiger partial charge in [0.05, 0.1) is 0 Å². The molecule has 0 saturated carbocycles. The summed E-state index contributed by atoms with van der Waals surface area (Å²) in [6, 6.07) is 0. The third-order valence-electron chi connectivity index (χ3n) is 0.929. The zero-order valence-corrected chi connectivity index (χ0v) is 4.51. The van der Waals surface area contributed by atoms with Gasteiger partial charge in [0.15, 0.2) is 0 Å². The lowest BCUT2D eigenvalue weighted by Crippen LogP contribution is -2.18. The molecule has 8 heavy (non-hydrogen) atoms. The average molecular weight is 110 g/mol.